The van der Waals surface area contributed by atoms with Gasteiger partial charge in [0.25, 0.3) is 0 Å². The predicted molar refractivity (Wildman–Crippen MR) is 128 cm³/mol. The van der Waals surface area contributed by atoms with Crippen molar-refractivity contribution < 1.29 is 24.2 Å². The molecule has 180 valence electrons. The molecule has 2 aromatic carbocycles. The van der Waals surface area contributed by atoms with E-state index in [2.05, 4.69) is 29.6 Å². The maximum atomic E-state index is 12.7. The van der Waals surface area contributed by atoms with Crippen LogP contribution in [0, 0.1) is 5.92 Å². The minimum Gasteiger partial charge on any atom is -0.481 e. The third kappa shape index (κ3) is 5.41. The fraction of sp³-hybridized carbons (Fsp3) is 0.444. The number of aliphatic carboxylic acids is 1. The first-order chi connectivity index (χ1) is 16.5. The van der Waals surface area contributed by atoms with Crippen LogP contribution in [0.1, 0.15) is 56.1 Å². The number of fused-ring (bicyclic) bond motifs is 3. The minimum absolute atomic E-state index is 0.00745. The van der Waals surface area contributed by atoms with Gasteiger partial charge in [-0.25, -0.2) is 4.79 Å². The number of nitrogens with one attached hydrogen (secondary N) is 1. The molecular weight excluding hydrogens is 432 g/mol. The van der Waals surface area contributed by atoms with Crippen LogP contribution < -0.4 is 5.32 Å². The summed E-state index contributed by atoms with van der Waals surface area (Å²) in [6.45, 7) is 3.30. The lowest BCUT2D eigenvalue weighted by molar-refractivity contribution is -0.138. The van der Waals surface area contributed by atoms with E-state index < -0.39 is 12.1 Å². The quantitative estimate of drug-likeness (QED) is 0.603. The maximum Gasteiger partial charge on any atom is 0.407 e. The molecule has 1 aliphatic carbocycles. The normalized spacial score (nSPS) is 16.4. The number of hydrogen-bond acceptors (Lipinski definition) is 4. The molecule has 0 bridgehead atoms. The van der Waals surface area contributed by atoms with E-state index in [1.807, 2.05) is 31.2 Å². The highest BCUT2D eigenvalue weighted by molar-refractivity contribution is 5.79. The topological polar surface area (TPSA) is 95.9 Å². The number of likely N-dealkylation sites (tertiary alicyclic amines) is 1. The largest absolute Gasteiger partial charge is 0.481 e. The van der Waals surface area contributed by atoms with E-state index in [0.29, 0.717) is 32.4 Å². The Morgan fingerprint density at radius 3 is 2.18 bits per heavy atom. The summed E-state index contributed by atoms with van der Waals surface area (Å²) in [7, 11) is 0. The zero-order valence-electron chi connectivity index (χ0n) is 19.5. The first-order valence-corrected chi connectivity index (χ1v) is 12.1. The molecule has 0 radical (unpaired) electrons. The molecule has 1 unspecified atom stereocenters. The van der Waals surface area contributed by atoms with Gasteiger partial charge in [0.15, 0.2) is 0 Å². The number of benzene rings is 2. The number of alkyl carbamates (subject to hydrolysis) is 1. The van der Waals surface area contributed by atoms with Gasteiger partial charge < -0.3 is 20.1 Å². The van der Waals surface area contributed by atoms with Crippen LogP contribution in [0.25, 0.3) is 11.1 Å². The zero-order chi connectivity index (χ0) is 24.1. The maximum absolute atomic E-state index is 12.7. The van der Waals surface area contributed by atoms with Crippen molar-refractivity contribution in [2.24, 2.45) is 5.92 Å². The Labute approximate surface area is 200 Å². The predicted octanol–water partition coefficient (Wildman–Crippen LogP) is 4.41. The number of ether oxygens (including phenoxy) is 1. The SMILES string of the molecule is CCC(CC(=O)N1CCC(CC(=O)O)CC1)NC(=O)OCC1c2ccccc2-c2ccccc21. The lowest BCUT2D eigenvalue weighted by Crippen LogP contribution is -2.43. The van der Waals surface area contributed by atoms with Crippen LogP contribution in [0.2, 0.25) is 0 Å². The molecule has 0 aromatic heterocycles. The summed E-state index contributed by atoms with van der Waals surface area (Å²) >= 11 is 0. The number of carbonyl (C=O) groups is 3. The molecule has 0 saturated carbocycles. The summed E-state index contributed by atoms with van der Waals surface area (Å²) in [5, 5.41) is 11.8. The fourth-order valence-corrected chi connectivity index (χ4v) is 5.08. The van der Waals surface area contributed by atoms with Crippen molar-refractivity contribution in [2.75, 3.05) is 19.7 Å². The Hall–Kier alpha value is -3.35. The van der Waals surface area contributed by atoms with E-state index in [0.717, 1.165) is 11.1 Å². The van der Waals surface area contributed by atoms with Crippen molar-refractivity contribution in [3.05, 3.63) is 59.7 Å². The summed E-state index contributed by atoms with van der Waals surface area (Å²) in [5.41, 5.74) is 4.67. The fourth-order valence-electron chi connectivity index (χ4n) is 5.08. The molecule has 1 aliphatic heterocycles. The molecule has 2 aliphatic rings. The Balaban J connectivity index is 1.28. The molecule has 2 N–H and O–H groups in total. The second-order valence-corrected chi connectivity index (χ2v) is 9.20. The molecule has 0 spiro atoms. The minimum atomic E-state index is -0.789. The highest BCUT2D eigenvalue weighted by atomic mass is 16.5. The van der Waals surface area contributed by atoms with E-state index in [9.17, 15) is 14.4 Å². The van der Waals surface area contributed by atoms with Gasteiger partial charge in [-0.3, -0.25) is 9.59 Å². The van der Waals surface area contributed by atoms with Gasteiger partial charge in [0.1, 0.15) is 6.61 Å². The zero-order valence-corrected chi connectivity index (χ0v) is 19.5. The highest BCUT2D eigenvalue weighted by Crippen LogP contribution is 2.44. The third-order valence-corrected chi connectivity index (χ3v) is 7.01. The standard InChI is InChI=1S/C27H32N2O5/c1-2-19(16-25(30)29-13-11-18(12-14-29)15-26(31)32)28-27(33)34-17-24-22-9-5-3-7-20(22)21-8-4-6-10-23(21)24/h3-10,18-19,24H,2,11-17H2,1H3,(H,28,33)(H,31,32). The Morgan fingerprint density at radius 1 is 1.03 bits per heavy atom. The van der Waals surface area contributed by atoms with Crippen LogP contribution >= 0.6 is 0 Å². The monoisotopic (exact) mass is 464 g/mol. The van der Waals surface area contributed by atoms with E-state index in [-0.39, 0.29) is 43.2 Å². The first-order valence-electron chi connectivity index (χ1n) is 12.1. The van der Waals surface area contributed by atoms with Crippen molar-refractivity contribution >= 4 is 18.0 Å². The average Bonchev–Trinajstić information content (AvgIpc) is 3.16. The van der Waals surface area contributed by atoms with Gasteiger partial charge in [-0.15, -0.1) is 0 Å². The third-order valence-electron chi connectivity index (χ3n) is 7.01. The number of amides is 2. The molecule has 1 fully saturated rings. The molecule has 7 heteroatoms. The first kappa shape index (κ1) is 23.8. The number of rotatable bonds is 8. The summed E-state index contributed by atoms with van der Waals surface area (Å²) in [5.74, 6) is -0.683. The number of nitrogens with zero attached hydrogens (tertiary/aromatic N) is 1. The Bertz CT molecular complexity index is 999. The smallest absolute Gasteiger partial charge is 0.407 e. The summed E-state index contributed by atoms with van der Waals surface area (Å²) in [6.07, 6.45) is 1.88. The van der Waals surface area contributed by atoms with Crippen molar-refractivity contribution in [1.82, 2.24) is 10.2 Å². The van der Waals surface area contributed by atoms with Crippen molar-refractivity contribution in [1.29, 1.82) is 0 Å². The van der Waals surface area contributed by atoms with Crippen LogP contribution in [0.3, 0.4) is 0 Å². The van der Waals surface area contributed by atoms with E-state index >= 15 is 0 Å². The molecule has 34 heavy (non-hydrogen) atoms. The van der Waals surface area contributed by atoms with Gasteiger partial charge in [-0.1, -0.05) is 55.5 Å². The van der Waals surface area contributed by atoms with Gasteiger partial charge >= 0.3 is 12.1 Å². The van der Waals surface area contributed by atoms with Gasteiger partial charge in [0, 0.05) is 37.9 Å². The molecule has 7 nitrogen and oxygen atoms in total. The van der Waals surface area contributed by atoms with Crippen LogP contribution in [-0.4, -0.2) is 53.7 Å². The van der Waals surface area contributed by atoms with Gasteiger partial charge in [0.05, 0.1) is 0 Å². The summed E-state index contributed by atoms with van der Waals surface area (Å²) in [6, 6.07) is 16.1. The van der Waals surface area contributed by atoms with Crippen LogP contribution in [0.15, 0.2) is 48.5 Å². The van der Waals surface area contributed by atoms with Crippen molar-refractivity contribution in [3.63, 3.8) is 0 Å². The molecule has 1 saturated heterocycles. The molecular formula is C27H32N2O5. The number of carboxylic acid groups (broad SMARTS) is 1. The van der Waals surface area contributed by atoms with Crippen LogP contribution in [0.4, 0.5) is 4.79 Å². The van der Waals surface area contributed by atoms with Crippen molar-refractivity contribution in [2.45, 2.75) is 51.0 Å². The number of carboxylic acids is 1. The highest BCUT2D eigenvalue weighted by Gasteiger charge is 2.30. The molecule has 4 rings (SSSR count). The second-order valence-electron chi connectivity index (χ2n) is 9.20. The molecule has 2 amide bonds. The Morgan fingerprint density at radius 2 is 1.62 bits per heavy atom. The Kier molecular flexibility index (Phi) is 7.50. The van der Waals surface area contributed by atoms with Crippen LogP contribution in [-0.2, 0) is 14.3 Å². The molecule has 1 heterocycles. The second kappa shape index (κ2) is 10.7. The number of hydrogen-bond donors (Lipinski definition) is 2. The molecule has 2 aromatic rings. The van der Waals surface area contributed by atoms with E-state index in [4.69, 9.17) is 9.84 Å². The summed E-state index contributed by atoms with van der Waals surface area (Å²) < 4.78 is 5.62. The van der Waals surface area contributed by atoms with Crippen molar-refractivity contribution in [3.8, 4) is 11.1 Å². The number of piperidine rings is 1. The van der Waals surface area contributed by atoms with E-state index in [1.54, 1.807) is 4.90 Å². The van der Waals surface area contributed by atoms with Gasteiger partial charge in [-0.2, -0.15) is 0 Å². The number of carbonyl (C=O) groups excluding carboxylic acids is 2. The van der Waals surface area contributed by atoms with Gasteiger partial charge in [0.2, 0.25) is 5.91 Å². The average molecular weight is 465 g/mol. The van der Waals surface area contributed by atoms with E-state index in [1.165, 1.54) is 11.1 Å². The summed E-state index contributed by atoms with van der Waals surface area (Å²) in [4.78, 5) is 38.0. The lowest BCUT2D eigenvalue weighted by Gasteiger charge is -2.32. The van der Waals surface area contributed by atoms with Crippen LogP contribution in [0.5, 0.6) is 0 Å². The van der Waals surface area contributed by atoms with Gasteiger partial charge in [-0.05, 0) is 47.4 Å². The molecule has 1 atom stereocenters. The lowest BCUT2D eigenvalue weighted by atomic mass is 9.93.